The van der Waals surface area contributed by atoms with Gasteiger partial charge < -0.3 is 11.1 Å². The predicted molar refractivity (Wildman–Crippen MR) is 118 cm³/mol. The lowest BCUT2D eigenvalue weighted by Crippen LogP contribution is -2.23. The number of nitrogens with zero attached hydrogens (tertiary/aromatic N) is 1. The van der Waals surface area contributed by atoms with E-state index in [4.69, 9.17) is 5.73 Å². The number of hydrogen-bond donors (Lipinski definition) is 2. The molecule has 1 atom stereocenters. The average Bonchev–Trinajstić information content (AvgIpc) is 3.12. The molecule has 1 fully saturated rings. The highest BCUT2D eigenvalue weighted by Crippen LogP contribution is 2.33. The molecule has 160 valence electrons. The normalized spacial score (nSPS) is 17.4. The van der Waals surface area contributed by atoms with E-state index in [0.29, 0.717) is 24.1 Å². The number of rotatable bonds is 5. The van der Waals surface area contributed by atoms with Crippen molar-refractivity contribution in [2.45, 2.75) is 18.9 Å². The van der Waals surface area contributed by atoms with Crippen LogP contribution in [-0.2, 0) is 16.4 Å². The Morgan fingerprint density at radius 3 is 2.61 bits per heavy atom. The lowest BCUT2D eigenvalue weighted by Gasteiger charge is -2.13. The molecule has 3 N–H and O–H groups in total. The van der Waals surface area contributed by atoms with E-state index in [1.807, 2.05) is 30.3 Å². The second-order valence-electron chi connectivity index (χ2n) is 7.66. The van der Waals surface area contributed by atoms with Crippen LogP contribution in [0.5, 0.6) is 0 Å². The van der Waals surface area contributed by atoms with Gasteiger partial charge >= 0.3 is 0 Å². The van der Waals surface area contributed by atoms with Gasteiger partial charge in [-0.2, -0.15) is 0 Å². The minimum absolute atomic E-state index is 0.0655. The maximum Gasteiger partial charge on any atom is 0.254 e. The third-order valence-electron chi connectivity index (χ3n) is 5.46. The SMILES string of the molecule is Nc1ncc([C@H]2CCS(=O)(=O)C2)cc1-c1ccc(C(=O)NCc2ccccc2)c(F)c1. The molecule has 31 heavy (non-hydrogen) atoms. The van der Waals surface area contributed by atoms with Crippen molar-refractivity contribution in [3.8, 4) is 11.1 Å². The lowest BCUT2D eigenvalue weighted by atomic mass is 9.96. The number of amides is 1. The van der Waals surface area contributed by atoms with Crippen molar-refractivity contribution >= 4 is 21.6 Å². The number of carbonyl (C=O) groups excluding carboxylic acids is 1. The molecule has 0 spiro atoms. The number of carbonyl (C=O) groups is 1. The van der Waals surface area contributed by atoms with E-state index in [0.717, 1.165) is 11.1 Å². The summed E-state index contributed by atoms with van der Waals surface area (Å²) in [5.74, 6) is -0.888. The number of hydrogen-bond acceptors (Lipinski definition) is 5. The first-order chi connectivity index (χ1) is 14.8. The highest BCUT2D eigenvalue weighted by molar-refractivity contribution is 7.91. The van der Waals surface area contributed by atoms with Crippen molar-refractivity contribution < 1.29 is 17.6 Å². The van der Waals surface area contributed by atoms with Crippen LogP contribution >= 0.6 is 0 Å². The number of anilines is 1. The van der Waals surface area contributed by atoms with Gasteiger partial charge in [-0.05, 0) is 41.3 Å². The minimum Gasteiger partial charge on any atom is -0.383 e. The molecule has 3 aromatic rings. The van der Waals surface area contributed by atoms with Crippen LogP contribution in [0.1, 0.15) is 33.8 Å². The quantitative estimate of drug-likeness (QED) is 0.635. The molecule has 0 bridgehead atoms. The summed E-state index contributed by atoms with van der Waals surface area (Å²) in [6.45, 7) is 0.296. The van der Waals surface area contributed by atoms with Crippen molar-refractivity contribution in [1.29, 1.82) is 0 Å². The fraction of sp³-hybridized carbons (Fsp3) is 0.217. The fourth-order valence-corrected chi connectivity index (χ4v) is 5.53. The molecular formula is C23H22FN3O3S. The molecule has 0 aliphatic carbocycles. The summed E-state index contributed by atoms with van der Waals surface area (Å²) >= 11 is 0. The summed E-state index contributed by atoms with van der Waals surface area (Å²) in [6, 6.07) is 15.4. The zero-order valence-corrected chi connectivity index (χ0v) is 17.5. The Bertz CT molecular complexity index is 1230. The Kier molecular flexibility index (Phi) is 5.73. The molecule has 1 amide bonds. The summed E-state index contributed by atoms with van der Waals surface area (Å²) < 4.78 is 38.3. The average molecular weight is 440 g/mol. The van der Waals surface area contributed by atoms with E-state index in [-0.39, 0.29) is 28.8 Å². The van der Waals surface area contributed by atoms with Crippen LogP contribution in [0.3, 0.4) is 0 Å². The zero-order valence-electron chi connectivity index (χ0n) is 16.7. The monoisotopic (exact) mass is 439 g/mol. The first-order valence-corrected chi connectivity index (χ1v) is 11.7. The number of halogens is 1. The van der Waals surface area contributed by atoms with Crippen LogP contribution in [0.4, 0.5) is 10.2 Å². The molecule has 8 heteroatoms. The molecule has 1 aromatic heterocycles. The maximum absolute atomic E-state index is 14.7. The molecule has 1 aliphatic rings. The van der Waals surface area contributed by atoms with E-state index < -0.39 is 21.6 Å². The van der Waals surface area contributed by atoms with Gasteiger partial charge in [-0.1, -0.05) is 36.4 Å². The van der Waals surface area contributed by atoms with Crippen molar-refractivity contribution in [3.63, 3.8) is 0 Å². The topological polar surface area (TPSA) is 102 Å². The Morgan fingerprint density at radius 2 is 1.94 bits per heavy atom. The number of nitrogens with two attached hydrogens (primary N) is 1. The lowest BCUT2D eigenvalue weighted by molar-refractivity contribution is 0.0947. The van der Waals surface area contributed by atoms with Crippen LogP contribution in [0.25, 0.3) is 11.1 Å². The third kappa shape index (κ3) is 4.74. The van der Waals surface area contributed by atoms with Gasteiger partial charge in [0, 0.05) is 24.2 Å². The molecular weight excluding hydrogens is 417 g/mol. The molecule has 0 saturated carbocycles. The van der Waals surface area contributed by atoms with Gasteiger partial charge in [0.2, 0.25) is 0 Å². The second-order valence-corrected chi connectivity index (χ2v) is 9.89. The highest BCUT2D eigenvalue weighted by atomic mass is 32.2. The van der Waals surface area contributed by atoms with E-state index in [1.165, 1.54) is 12.1 Å². The molecule has 2 aromatic carbocycles. The smallest absolute Gasteiger partial charge is 0.254 e. The standard InChI is InChI=1S/C23H22FN3O3S/c24-21-11-16(6-7-19(21)23(28)27-12-15-4-2-1-3-5-15)20-10-18(13-26-22(20)25)17-8-9-31(29,30)14-17/h1-7,10-11,13,17H,8-9,12,14H2,(H2,25,26)(H,27,28)/t17-/m0/s1. The number of pyridine rings is 1. The number of aromatic nitrogens is 1. The molecule has 2 heterocycles. The Morgan fingerprint density at radius 1 is 1.16 bits per heavy atom. The number of sulfone groups is 1. The zero-order chi connectivity index (χ0) is 22.0. The van der Waals surface area contributed by atoms with Crippen molar-refractivity contribution in [2.24, 2.45) is 0 Å². The molecule has 1 saturated heterocycles. The maximum atomic E-state index is 14.7. The summed E-state index contributed by atoms with van der Waals surface area (Å²) in [5, 5.41) is 2.71. The van der Waals surface area contributed by atoms with Gasteiger partial charge in [0.15, 0.2) is 9.84 Å². The van der Waals surface area contributed by atoms with E-state index >= 15 is 0 Å². The largest absolute Gasteiger partial charge is 0.383 e. The molecule has 0 radical (unpaired) electrons. The highest BCUT2D eigenvalue weighted by Gasteiger charge is 2.29. The van der Waals surface area contributed by atoms with E-state index in [9.17, 15) is 17.6 Å². The van der Waals surface area contributed by atoms with E-state index in [2.05, 4.69) is 10.3 Å². The van der Waals surface area contributed by atoms with Gasteiger partial charge in [0.1, 0.15) is 11.6 Å². The van der Waals surface area contributed by atoms with Gasteiger partial charge in [-0.3, -0.25) is 4.79 Å². The summed E-state index contributed by atoms with van der Waals surface area (Å²) in [7, 11) is -3.04. The van der Waals surface area contributed by atoms with Crippen molar-refractivity contribution in [3.05, 3.63) is 83.3 Å². The Labute approximate surface area is 180 Å². The molecule has 6 nitrogen and oxygen atoms in total. The number of benzene rings is 2. The first kappa shape index (κ1) is 21.0. The van der Waals surface area contributed by atoms with Crippen LogP contribution in [0, 0.1) is 5.82 Å². The van der Waals surface area contributed by atoms with Crippen molar-refractivity contribution in [1.82, 2.24) is 10.3 Å². The number of nitrogen functional groups attached to an aromatic ring is 1. The molecule has 4 rings (SSSR count). The van der Waals surface area contributed by atoms with Crippen molar-refractivity contribution in [2.75, 3.05) is 17.2 Å². The first-order valence-electron chi connectivity index (χ1n) is 9.90. The van der Waals surface area contributed by atoms with Gasteiger partial charge in [0.05, 0.1) is 17.1 Å². The second kappa shape index (κ2) is 8.47. The summed E-state index contributed by atoms with van der Waals surface area (Å²) in [5.41, 5.74) is 8.60. The fourth-order valence-electron chi connectivity index (χ4n) is 3.74. The Hall–Kier alpha value is -3.26. The van der Waals surface area contributed by atoms with Crippen LogP contribution < -0.4 is 11.1 Å². The van der Waals surface area contributed by atoms with E-state index in [1.54, 1.807) is 18.3 Å². The summed E-state index contributed by atoms with van der Waals surface area (Å²) in [6.07, 6.45) is 2.11. The minimum atomic E-state index is -3.04. The molecule has 0 unspecified atom stereocenters. The van der Waals surface area contributed by atoms with Gasteiger partial charge in [-0.15, -0.1) is 0 Å². The molecule has 1 aliphatic heterocycles. The third-order valence-corrected chi connectivity index (χ3v) is 7.23. The van der Waals surface area contributed by atoms with Crippen LogP contribution in [0.15, 0.2) is 60.8 Å². The number of nitrogens with one attached hydrogen (secondary N) is 1. The van der Waals surface area contributed by atoms with Gasteiger partial charge in [-0.25, -0.2) is 17.8 Å². The van der Waals surface area contributed by atoms with Crippen LogP contribution in [0.2, 0.25) is 0 Å². The predicted octanol–water partition coefficient (Wildman–Crippen LogP) is 3.30. The van der Waals surface area contributed by atoms with Gasteiger partial charge in [0.25, 0.3) is 5.91 Å². The summed E-state index contributed by atoms with van der Waals surface area (Å²) in [4.78, 5) is 16.6. The van der Waals surface area contributed by atoms with Crippen LogP contribution in [-0.4, -0.2) is 30.8 Å². The Balaban J connectivity index is 1.55.